The molecule has 0 saturated heterocycles. The molecule has 5 nitrogen and oxygen atoms in total. The SMILES string of the molecule is Cc1ccc(C(CNC(=O)c2cccc(NC(=O)CCCc3cccs3)c2)N(C)C)cc1. The van der Waals surface area contributed by atoms with Crippen LogP contribution in [0.25, 0.3) is 0 Å². The highest BCUT2D eigenvalue weighted by Gasteiger charge is 2.16. The largest absolute Gasteiger partial charge is 0.350 e. The van der Waals surface area contributed by atoms with Crippen LogP contribution in [-0.4, -0.2) is 37.4 Å². The van der Waals surface area contributed by atoms with Crippen molar-refractivity contribution in [3.8, 4) is 0 Å². The molecule has 32 heavy (non-hydrogen) atoms. The van der Waals surface area contributed by atoms with Crippen molar-refractivity contribution in [2.24, 2.45) is 0 Å². The van der Waals surface area contributed by atoms with Crippen LogP contribution in [0.4, 0.5) is 5.69 Å². The molecule has 0 spiro atoms. The smallest absolute Gasteiger partial charge is 0.251 e. The van der Waals surface area contributed by atoms with Gasteiger partial charge in [0.15, 0.2) is 0 Å². The Morgan fingerprint density at radius 3 is 2.50 bits per heavy atom. The Morgan fingerprint density at radius 2 is 1.81 bits per heavy atom. The van der Waals surface area contributed by atoms with Gasteiger partial charge in [0.2, 0.25) is 5.91 Å². The van der Waals surface area contributed by atoms with Crippen LogP contribution in [0.15, 0.2) is 66.0 Å². The van der Waals surface area contributed by atoms with Crippen LogP contribution in [0.3, 0.4) is 0 Å². The van der Waals surface area contributed by atoms with E-state index in [0.29, 0.717) is 24.2 Å². The summed E-state index contributed by atoms with van der Waals surface area (Å²) in [6, 6.07) is 19.6. The first kappa shape index (κ1) is 23.7. The Labute approximate surface area is 194 Å². The molecule has 0 bridgehead atoms. The van der Waals surface area contributed by atoms with Crippen LogP contribution in [0.5, 0.6) is 0 Å². The molecule has 0 fully saturated rings. The van der Waals surface area contributed by atoms with Gasteiger partial charge in [-0.1, -0.05) is 42.0 Å². The van der Waals surface area contributed by atoms with Crippen molar-refractivity contribution >= 4 is 28.8 Å². The first-order valence-electron chi connectivity index (χ1n) is 10.9. The van der Waals surface area contributed by atoms with Gasteiger partial charge in [-0.05, 0) is 69.1 Å². The lowest BCUT2D eigenvalue weighted by Crippen LogP contribution is -2.34. The zero-order valence-corrected chi connectivity index (χ0v) is 19.7. The van der Waals surface area contributed by atoms with Crippen molar-refractivity contribution in [3.05, 3.63) is 87.6 Å². The van der Waals surface area contributed by atoms with Crippen molar-refractivity contribution in [3.63, 3.8) is 0 Å². The minimum absolute atomic E-state index is 0.0360. The molecule has 6 heteroatoms. The van der Waals surface area contributed by atoms with Crippen LogP contribution in [-0.2, 0) is 11.2 Å². The lowest BCUT2D eigenvalue weighted by molar-refractivity contribution is -0.116. The highest BCUT2D eigenvalue weighted by atomic mass is 32.1. The van der Waals surface area contributed by atoms with E-state index < -0.39 is 0 Å². The van der Waals surface area contributed by atoms with Crippen LogP contribution in [0.1, 0.15) is 45.2 Å². The number of nitrogens with zero attached hydrogens (tertiary/aromatic N) is 1. The second-order valence-corrected chi connectivity index (χ2v) is 9.19. The molecule has 1 unspecified atom stereocenters. The second-order valence-electron chi connectivity index (χ2n) is 8.16. The van der Waals surface area contributed by atoms with E-state index in [1.54, 1.807) is 29.5 Å². The molecule has 3 rings (SSSR count). The molecule has 0 aliphatic rings. The van der Waals surface area contributed by atoms with E-state index in [2.05, 4.69) is 52.8 Å². The van der Waals surface area contributed by atoms with Crippen molar-refractivity contribution in [2.75, 3.05) is 26.0 Å². The molecule has 0 saturated carbocycles. The maximum Gasteiger partial charge on any atom is 0.251 e. The van der Waals surface area contributed by atoms with Gasteiger partial charge in [-0.25, -0.2) is 0 Å². The molecule has 1 aromatic heterocycles. The summed E-state index contributed by atoms with van der Waals surface area (Å²) in [7, 11) is 4.01. The fraction of sp³-hybridized carbons (Fsp3) is 0.308. The summed E-state index contributed by atoms with van der Waals surface area (Å²) in [6.45, 7) is 2.56. The summed E-state index contributed by atoms with van der Waals surface area (Å²) in [5, 5.41) is 7.99. The first-order valence-corrected chi connectivity index (χ1v) is 11.7. The highest BCUT2D eigenvalue weighted by Crippen LogP contribution is 2.19. The third kappa shape index (κ3) is 7.04. The molecule has 2 aromatic carbocycles. The Bertz CT molecular complexity index is 1010. The summed E-state index contributed by atoms with van der Waals surface area (Å²) in [5.41, 5.74) is 3.54. The van der Waals surface area contributed by atoms with Crippen molar-refractivity contribution in [1.82, 2.24) is 10.2 Å². The summed E-state index contributed by atoms with van der Waals surface area (Å²) < 4.78 is 0. The van der Waals surface area contributed by atoms with E-state index in [1.165, 1.54) is 10.4 Å². The number of aryl methyl sites for hydroxylation is 2. The van der Waals surface area contributed by atoms with Gasteiger partial charge in [0.05, 0.1) is 6.04 Å². The highest BCUT2D eigenvalue weighted by molar-refractivity contribution is 7.09. The maximum absolute atomic E-state index is 12.8. The van der Waals surface area contributed by atoms with Crippen LogP contribution in [0, 0.1) is 6.92 Å². The maximum atomic E-state index is 12.8. The number of amides is 2. The number of hydrogen-bond donors (Lipinski definition) is 2. The van der Waals surface area contributed by atoms with Crippen molar-refractivity contribution in [2.45, 2.75) is 32.2 Å². The van der Waals surface area contributed by atoms with Gasteiger partial charge in [0.25, 0.3) is 5.91 Å². The third-order valence-corrected chi connectivity index (χ3v) is 6.29. The van der Waals surface area contributed by atoms with Crippen molar-refractivity contribution in [1.29, 1.82) is 0 Å². The number of carbonyl (C=O) groups excluding carboxylic acids is 2. The van der Waals surface area contributed by atoms with Crippen LogP contribution < -0.4 is 10.6 Å². The van der Waals surface area contributed by atoms with E-state index in [1.807, 2.05) is 31.6 Å². The summed E-state index contributed by atoms with van der Waals surface area (Å²) in [5.74, 6) is -0.191. The predicted octanol–water partition coefficient (Wildman–Crippen LogP) is 5.05. The van der Waals surface area contributed by atoms with E-state index in [-0.39, 0.29) is 17.9 Å². The Balaban J connectivity index is 1.53. The Kier molecular flexibility index (Phi) is 8.59. The van der Waals surface area contributed by atoms with E-state index in [4.69, 9.17) is 0 Å². The average Bonchev–Trinajstić information content (AvgIpc) is 3.28. The Hall–Kier alpha value is -2.96. The van der Waals surface area contributed by atoms with E-state index in [9.17, 15) is 9.59 Å². The molecular formula is C26H31N3O2S. The molecule has 0 radical (unpaired) electrons. The van der Waals surface area contributed by atoms with Gasteiger partial charge >= 0.3 is 0 Å². The van der Waals surface area contributed by atoms with Crippen LogP contribution in [0.2, 0.25) is 0 Å². The summed E-state index contributed by atoms with van der Waals surface area (Å²) in [4.78, 5) is 28.4. The van der Waals surface area contributed by atoms with E-state index in [0.717, 1.165) is 18.4 Å². The lowest BCUT2D eigenvalue weighted by atomic mass is 10.0. The molecule has 3 aromatic rings. The number of benzene rings is 2. The molecule has 2 amide bonds. The fourth-order valence-electron chi connectivity index (χ4n) is 3.52. The third-order valence-electron chi connectivity index (χ3n) is 5.36. The predicted molar refractivity (Wildman–Crippen MR) is 132 cm³/mol. The van der Waals surface area contributed by atoms with Gasteiger partial charge < -0.3 is 15.5 Å². The fourth-order valence-corrected chi connectivity index (χ4v) is 4.27. The molecule has 0 aliphatic carbocycles. The van der Waals surface area contributed by atoms with Gasteiger partial charge in [-0.3, -0.25) is 9.59 Å². The minimum atomic E-state index is -0.155. The number of hydrogen-bond acceptors (Lipinski definition) is 4. The number of likely N-dealkylation sites (N-methyl/N-ethyl adjacent to an activating group) is 1. The van der Waals surface area contributed by atoms with Crippen molar-refractivity contribution < 1.29 is 9.59 Å². The molecule has 2 N–H and O–H groups in total. The molecule has 168 valence electrons. The van der Waals surface area contributed by atoms with Gasteiger partial charge in [0.1, 0.15) is 0 Å². The first-order chi connectivity index (χ1) is 15.4. The average molecular weight is 450 g/mol. The zero-order chi connectivity index (χ0) is 22.9. The second kappa shape index (κ2) is 11.6. The number of carbonyl (C=O) groups is 2. The number of rotatable bonds is 10. The normalized spacial score (nSPS) is 11.9. The van der Waals surface area contributed by atoms with Gasteiger partial charge in [0, 0.05) is 29.1 Å². The summed E-state index contributed by atoms with van der Waals surface area (Å²) >= 11 is 1.71. The zero-order valence-electron chi connectivity index (χ0n) is 18.9. The molecule has 0 aliphatic heterocycles. The number of nitrogens with one attached hydrogen (secondary N) is 2. The quantitative estimate of drug-likeness (QED) is 0.455. The summed E-state index contributed by atoms with van der Waals surface area (Å²) in [6.07, 6.45) is 2.16. The number of thiophene rings is 1. The van der Waals surface area contributed by atoms with Gasteiger partial charge in [-0.2, -0.15) is 0 Å². The minimum Gasteiger partial charge on any atom is -0.350 e. The molecular weight excluding hydrogens is 418 g/mol. The molecule has 1 heterocycles. The van der Waals surface area contributed by atoms with Gasteiger partial charge in [-0.15, -0.1) is 11.3 Å². The lowest BCUT2D eigenvalue weighted by Gasteiger charge is -2.25. The number of anilines is 1. The topological polar surface area (TPSA) is 61.4 Å². The standard InChI is InChI=1S/C26H31N3O2S/c1-19-12-14-20(15-13-19)24(29(2)3)18-27-26(31)21-7-4-8-22(17-21)28-25(30)11-5-9-23-10-6-16-32-23/h4,6-8,10,12-17,24H,5,9,11,18H2,1-3H3,(H,27,31)(H,28,30). The Morgan fingerprint density at radius 1 is 1.03 bits per heavy atom. The van der Waals surface area contributed by atoms with E-state index >= 15 is 0 Å². The molecule has 1 atom stereocenters. The van der Waals surface area contributed by atoms with Crippen LogP contribution >= 0.6 is 11.3 Å². The monoisotopic (exact) mass is 449 g/mol.